The Balaban J connectivity index is 1.69. The maximum Gasteiger partial charge on any atom is 0.251 e. The fraction of sp³-hybridized carbons (Fsp3) is 0.391. The second-order valence-corrected chi connectivity index (χ2v) is 9.47. The Morgan fingerprint density at radius 2 is 1.70 bits per heavy atom. The van der Waals surface area contributed by atoms with E-state index in [0.717, 1.165) is 0 Å². The summed E-state index contributed by atoms with van der Waals surface area (Å²) in [4.78, 5) is 27.0. The molecule has 178 valence electrons. The minimum absolute atomic E-state index is 0.117. The van der Waals surface area contributed by atoms with Gasteiger partial charge in [-0.2, -0.15) is 4.31 Å². The van der Waals surface area contributed by atoms with Gasteiger partial charge in [0.15, 0.2) is 11.5 Å². The molecule has 3 rings (SSSR count). The number of ether oxygens (including phenoxy) is 2. The first kappa shape index (κ1) is 24.5. The number of nitrogens with zero attached hydrogens (tertiary/aromatic N) is 2. The summed E-state index contributed by atoms with van der Waals surface area (Å²) in [6.45, 7) is 4.60. The van der Waals surface area contributed by atoms with Gasteiger partial charge >= 0.3 is 0 Å². The third kappa shape index (κ3) is 5.12. The van der Waals surface area contributed by atoms with E-state index in [-0.39, 0.29) is 29.2 Å². The molecule has 0 unspecified atom stereocenters. The van der Waals surface area contributed by atoms with Gasteiger partial charge in [0, 0.05) is 43.4 Å². The van der Waals surface area contributed by atoms with Crippen molar-refractivity contribution in [3.8, 4) is 11.5 Å². The van der Waals surface area contributed by atoms with Gasteiger partial charge in [0.2, 0.25) is 15.9 Å². The molecule has 1 aliphatic heterocycles. The summed E-state index contributed by atoms with van der Waals surface area (Å²) in [6.07, 6.45) is 0.161. The van der Waals surface area contributed by atoms with E-state index in [1.165, 1.54) is 42.8 Å². The largest absolute Gasteiger partial charge is 0.493 e. The summed E-state index contributed by atoms with van der Waals surface area (Å²) >= 11 is 0. The first-order valence-electron chi connectivity index (χ1n) is 10.7. The highest BCUT2D eigenvalue weighted by Gasteiger charge is 2.32. The van der Waals surface area contributed by atoms with E-state index in [0.29, 0.717) is 42.4 Å². The number of hydrogen-bond acceptors (Lipinski definition) is 6. The number of amides is 2. The molecule has 33 heavy (non-hydrogen) atoms. The van der Waals surface area contributed by atoms with Gasteiger partial charge in [0.05, 0.1) is 25.2 Å². The number of benzene rings is 2. The summed E-state index contributed by atoms with van der Waals surface area (Å²) in [7, 11) is -0.531. The number of carbonyl (C=O) groups excluding carboxylic acids is 2. The van der Waals surface area contributed by atoms with Crippen LogP contribution in [0.15, 0.2) is 47.4 Å². The van der Waals surface area contributed by atoms with Crippen molar-refractivity contribution in [1.82, 2.24) is 9.62 Å². The van der Waals surface area contributed by atoms with Crippen molar-refractivity contribution in [1.29, 1.82) is 0 Å². The monoisotopic (exact) mass is 475 g/mol. The van der Waals surface area contributed by atoms with E-state index in [1.54, 1.807) is 36.9 Å². The molecule has 0 saturated carbocycles. The summed E-state index contributed by atoms with van der Waals surface area (Å²) in [5.74, 6) is 0.584. The highest BCUT2D eigenvalue weighted by Crippen LogP contribution is 2.33. The lowest BCUT2D eigenvalue weighted by atomic mass is 10.2. The smallest absolute Gasteiger partial charge is 0.251 e. The molecular weight excluding hydrogens is 446 g/mol. The molecule has 0 bridgehead atoms. The van der Waals surface area contributed by atoms with Crippen LogP contribution in [0, 0.1) is 0 Å². The Morgan fingerprint density at radius 3 is 2.27 bits per heavy atom. The van der Waals surface area contributed by atoms with Crippen LogP contribution >= 0.6 is 0 Å². The van der Waals surface area contributed by atoms with Crippen LogP contribution in [0.2, 0.25) is 0 Å². The summed E-state index contributed by atoms with van der Waals surface area (Å²) < 4.78 is 37.1. The molecule has 1 aliphatic rings. The zero-order chi connectivity index (χ0) is 24.2. The summed E-state index contributed by atoms with van der Waals surface area (Å²) in [6, 6.07) is 10.6. The average Bonchev–Trinajstić information content (AvgIpc) is 3.18. The molecule has 9 nitrogen and oxygen atoms in total. The van der Waals surface area contributed by atoms with Gasteiger partial charge in [-0.25, -0.2) is 8.42 Å². The van der Waals surface area contributed by atoms with Crippen molar-refractivity contribution in [3.05, 3.63) is 48.0 Å². The molecule has 0 aromatic heterocycles. The zero-order valence-corrected chi connectivity index (χ0v) is 20.0. The van der Waals surface area contributed by atoms with Gasteiger partial charge in [-0.1, -0.05) is 13.8 Å². The fourth-order valence-corrected chi connectivity index (χ4v) is 5.26. The second-order valence-electron chi connectivity index (χ2n) is 7.53. The zero-order valence-electron chi connectivity index (χ0n) is 19.2. The molecule has 2 aromatic rings. The fourth-order valence-electron chi connectivity index (χ4n) is 3.81. The van der Waals surface area contributed by atoms with Crippen LogP contribution in [0.4, 0.5) is 5.69 Å². The Hall–Kier alpha value is -3.11. The Labute approximate surface area is 194 Å². The maximum absolute atomic E-state index is 12.7. The van der Waals surface area contributed by atoms with Crippen molar-refractivity contribution < 1.29 is 27.5 Å². The van der Waals surface area contributed by atoms with Crippen molar-refractivity contribution in [3.63, 3.8) is 0 Å². The molecule has 1 fully saturated rings. The van der Waals surface area contributed by atoms with Gasteiger partial charge < -0.3 is 19.7 Å². The Bertz CT molecular complexity index is 1110. The molecule has 1 saturated heterocycles. The molecule has 1 N–H and O–H groups in total. The molecular formula is C23H29N3O6S. The third-order valence-electron chi connectivity index (χ3n) is 5.60. The predicted octanol–water partition coefficient (Wildman–Crippen LogP) is 2.27. The summed E-state index contributed by atoms with van der Waals surface area (Å²) in [5.41, 5.74) is 0.978. The first-order valence-corrected chi connectivity index (χ1v) is 12.1. The highest BCUT2D eigenvalue weighted by atomic mass is 32.2. The molecule has 0 spiro atoms. The lowest BCUT2D eigenvalue weighted by Crippen LogP contribution is -2.37. The number of methoxy groups -OCH3 is 2. The van der Waals surface area contributed by atoms with E-state index in [2.05, 4.69) is 5.32 Å². The van der Waals surface area contributed by atoms with Crippen molar-refractivity contribution in [2.75, 3.05) is 38.8 Å². The molecule has 2 amide bonds. The van der Waals surface area contributed by atoms with Crippen LogP contribution in [-0.4, -0.2) is 64.4 Å². The SMILES string of the molecule is CCN(CC)S(=O)(=O)c1ccc(C(=O)N[C@@H]2CC(=O)N(c3ccc(OC)c(OC)c3)C2)cc1. The second kappa shape index (κ2) is 10.2. The number of nitrogens with one attached hydrogen (secondary N) is 1. The van der Waals surface area contributed by atoms with Gasteiger partial charge in [-0.05, 0) is 36.4 Å². The average molecular weight is 476 g/mol. The third-order valence-corrected chi connectivity index (χ3v) is 7.66. The van der Waals surface area contributed by atoms with Crippen molar-refractivity contribution >= 4 is 27.5 Å². The van der Waals surface area contributed by atoms with E-state index in [9.17, 15) is 18.0 Å². The van der Waals surface area contributed by atoms with Crippen molar-refractivity contribution in [2.45, 2.75) is 31.2 Å². The van der Waals surface area contributed by atoms with E-state index >= 15 is 0 Å². The Morgan fingerprint density at radius 1 is 1.06 bits per heavy atom. The first-order chi connectivity index (χ1) is 15.7. The maximum atomic E-state index is 12.7. The molecule has 1 heterocycles. The minimum Gasteiger partial charge on any atom is -0.493 e. The minimum atomic E-state index is -3.59. The van der Waals surface area contributed by atoms with E-state index in [4.69, 9.17) is 9.47 Å². The van der Waals surface area contributed by atoms with Crippen LogP contribution < -0.4 is 19.7 Å². The number of sulfonamides is 1. The molecule has 0 radical (unpaired) electrons. The van der Waals surface area contributed by atoms with Crippen LogP contribution in [-0.2, 0) is 14.8 Å². The topological polar surface area (TPSA) is 105 Å². The quantitative estimate of drug-likeness (QED) is 0.597. The number of anilines is 1. The predicted molar refractivity (Wildman–Crippen MR) is 124 cm³/mol. The van der Waals surface area contributed by atoms with Crippen molar-refractivity contribution in [2.24, 2.45) is 0 Å². The normalized spacial score (nSPS) is 16.2. The van der Waals surface area contributed by atoms with Gasteiger partial charge in [0.25, 0.3) is 5.91 Å². The van der Waals surface area contributed by atoms with E-state index < -0.39 is 10.0 Å². The number of hydrogen-bond donors (Lipinski definition) is 1. The van der Waals surface area contributed by atoms with E-state index in [1.807, 2.05) is 0 Å². The van der Waals surface area contributed by atoms with Gasteiger partial charge in [0.1, 0.15) is 0 Å². The molecule has 10 heteroatoms. The van der Waals surface area contributed by atoms with Gasteiger partial charge in [-0.15, -0.1) is 0 Å². The molecule has 1 atom stereocenters. The van der Waals surface area contributed by atoms with Gasteiger partial charge in [-0.3, -0.25) is 9.59 Å². The molecule has 2 aromatic carbocycles. The van der Waals surface area contributed by atoms with Crippen LogP contribution in [0.3, 0.4) is 0 Å². The Kier molecular flexibility index (Phi) is 7.60. The number of carbonyl (C=O) groups is 2. The lowest BCUT2D eigenvalue weighted by molar-refractivity contribution is -0.117. The lowest BCUT2D eigenvalue weighted by Gasteiger charge is -2.19. The number of rotatable bonds is 9. The summed E-state index contributed by atoms with van der Waals surface area (Å²) in [5, 5.41) is 2.86. The van der Waals surface area contributed by atoms with Crippen LogP contribution in [0.5, 0.6) is 11.5 Å². The highest BCUT2D eigenvalue weighted by molar-refractivity contribution is 7.89. The van der Waals surface area contributed by atoms with Crippen LogP contribution in [0.1, 0.15) is 30.6 Å². The standard InChI is InChI=1S/C23H29N3O6S/c1-5-25(6-2)33(29,30)19-10-7-16(8-11-19)23(28)24-17-13-22(27)26(15-17)18-9-12-20(31-3)21(14-18)32-4/h7-12,14,17H,5-6,13,15H2,1-4H3,(H,24,28)/t17-/m1/s1. The van der Waals surface area contributed by atoms with Crippen LogP contribution in [0.25, 0.3) is 0 Å². The molecule has 0 aliphatic carbocycles.